The van der Waals surface area contributed by atoms with Crippen molar-refractivity contribution < 1.29 is 14.6 Å². The molecule has 0 bridgehead atoms. The van der Waals surface area contributed by atoms with Crippen LogP contribution in [-0.2, 0) is 9.47 Å². The van der Waals surface area contributed by atoms with Gasteiger partial charge in [0, 0.05) is 13.1 Å². The minimum absolute atomic E-state index is 0.0534. The fourth-order valence-corrected chi connectivity index (χ4v) is 3.27. The van der Waals surface area contributed by atoms with Crippen LogP contribution in [0.4, 0.5) is 0 Å². The zero-order valence-electron chi connectivity index (χ0n) is 15.2. The van der Waals surface area contributed by atoms with Gasteiger partial charge in [-0.25, -0.2) is 0 Å². The Morgan fingerprint density at radius 3 is 2.84 bits per heavy atom. The third-order valence-electron chi connectivity index (χ3n) is 4.95. The Morgan fingerprint density at radius 2 is 2.20 bits per heavy atom. The van der Waals surface area contributed by atoms with Gasteiger partial charge in [-0.15, -0.1) is 0 Å². The van der Waals surface area contributed by atoms with Gasteiger partial charge in [-0.1, -0.05) is 24.3 Å². The summed E-state index contributed by atoms with van der Waals surface area (Å²) in [6.45, 7) is 9.15. The molecule has 1 unspecified atom stereocenters. The number of aryl methyl sites for hydroxylation is 1. The van der Waals surface area contributed by atoms with Crippen molar-refractivity contribution in [1.29, 1.82) is 0 Å². The summed E-state index contributed by atoms with van der Waals surface area (Å²) in [6.07, 6.45) is 0.0534. The average molecular weight is 347 g/mol. The van der Waals surface area contributed by atoms with Crippen LogP contribution in [0.15, 0.2) is 29.3 Å². The Labute approximate surface area is 149 Å². The van der Waals surface area contributed by atoms with E-state index in [-0.39, 0.29) is 18.1 Å². The number of benzene rings is 1. The average Bonchev–Trinajstić information content (AvgIpc) is 2.61. The highest BCUT2D eigenvalue weighted by atomic mass is 16.5. The summed E-state index contributed by atoms with van der Waals surface area (Å²) in [4.78, 5) is 7.05. The minimum Gasteiger partial charge on any atom is -0.396 e. The van der Waals surface area contributed by atoms with Gasteiger partial charge in [0.25, 0.3) is 0 Å². The van der Waals surface area contributed by atoms with Crippen LogP contribution >= 0.6 is 0 Å². The number of nitrogens with one attached hydrogen (secondary N) is 1. The first-order chi connectivity index (χ1) is 12.2. The van der Waals surface area contributed by atoms with E-state index in [1.54, 1.807) is 0 Å². The van der Waals surface area contributed by atoms with Crippen LogP contribution < -0.4 is 5.32 Å². The molecular formula is C19H29N3O3. The van der Waals surface area contributed by atoms with Crippen molar-refractivity contribution in [2.24, 2.45) is 10.4 Å². The molecule has 0 aliphatic carbocycles. The number of guanidine groups is 1. The molecule has 2 N–H and O–H groups in total. The zero-order chi connectivity index (χ0) is 17.7. The normalized spacial score (nSPS) is 23.2. The molecule has 0 saturated carbocycles. The zero-order valence-corrected chi connectivity index (χ0v) is 15.2. The number of aliphatic hydroxyl groups is 1. The number of aliphatic hydroxyl groups excluding tert-OH is 1. The molecule has 138 valence electrons. The summed E-state index contributed by atoms with van der Waals surface area (Å²) in [7, 11) is 0. The molecule has 2 heterocycles. The van der Waals surface area contributed by atoms with E-state index >= 15 is 0 Å². The Morgan fingerprint density at radius 1 is 1.40 bits per heavy atom. The standard InChI is InChI=1S/C19H29N3O3/c1-3-20-18(21-11-19(12-23)13-24-14-19)22-8-9-25-17(10-22)16-7-5-4-6-15(16)2/h4-7,17,23H,3,8-14H2,1-2H3,(H,20,21). The predicted octanol–water partition coefficient (Wildman–Crippen LogP) is 1.34. The summed E-state index contributed by atoms with van der Waals surface area (Å²) in [5.74, 6) is 0.893. The molecule has 1 aromatic rings. The second kappa shape index (κ2) is 8.17. The lowest BCUT2D eigenvalue weighted by molar-refractivity contribution is -0.130. The number of hydrogen-bond acceptors (Lipinski definition) is 4. The number of rotatable bonds is 5. The summed E-state index contributed by atoms with van der Waals surface area (Å²) >= 11 is 0. The van der Waals surface area contributed by atoms with E-state index in [9.17, 15) is 5.11 Å². The van der Waals surface area contributed by atoms with E-state index < -0.39 is 0 Å². The predicted molar refractivity (Wildman–Crippen MR) is 97.8 cm³/mol. The number of nitrogens with zero attached hydrogens (tertiary/aromatic N) is 2. The van der Waals surface area contributed by atoms with Crippen LogP contribution in [-0.4, -0.2) is 68.6 Å². The van der Waals surface area contributed by atoms with Gasteiger partial charge in [0.2, 0.25) is 0 Å². The maximum Gasteiger partial charge on any atom is 0.194 e. The topological polar surface area (TPSA) is 66.3 Å². The van der Waals surface area contributed by atoms with E-state index in [4.69, 9.17) is 14.5 Å². The smallest absolute Gasteiger partial charge is 0.194 e. The first-order valence-electron chi connectivity index (χ1n) is 9.06. The van der Waals surface area contributed by atoms with Crippen molar-refractivity contribution in [2.45, 2.75) is 20.0 Å². The second-order valence-corrected chi connectivity index (χ2v) is 6.98. The molecule has 6 heteroatoms. The molecule has 6 nitrogen and oxygen atoms in total. The summed E-state index contributed by atoms with van der Waals surface area (Å²) < 4.78 is 11.3. The Balaban J connectivity index is 1.71. The van der Waals surface area contributed by atoms with Gasteiger partial charge < -0.3 is 24.8 Å². The Hall–Kier alpha value is -1.63. The number of aliphatic imine (C=N–C) groups is 1. The lowest BCUT2D eigenvalue weighted by Gasteiger charge is -2.40. The van der Waals surface area contributed by atoms with Gasteiger partial charge in [0.15, 0.2) is 5.96 Å². The molecule has 2 fully saturated rings. The third-order valence-corrected chi connectivity index (χ3v) is 4.95. The highest BCUT2D eigenvalue weighted by Crippen LogP contribution is 2.28. The molecule has 3 rings (SSSR count). The van der Waals surface area contributed by atoms with Crippen molar-refractivity contribution in [3.05, 3.63) is 35.4 Å². The SMILES string of the molecule is CCNC(=NCC1(CO)COC1)N1CCOC(c2ccccc2C)C1. The van der Waals surface area contributed by atoms with Crippen LogP contribution in [0.2, 0.25) is 0 Å². The lowest BCUT2D eigenvalue weighted by Crippen LogP contribution is -2.51. The maximum absolute atomic E-state index is 9.61. The van der Waals surface area contributed by atoms with Gasteiger partial charge in [-0.3, -0.25) is 4.99 Å². The molecule has 0 spiro atoms. The maximum atomic E-state index is 9.61. The van der Waals surface area contributed by atoms with Crippen molar-refractivity contribution in [3.63, 3.8) is 0 Å². The first-order valence-corrected chi connectivity index (χ1v) is 9.06. The second-order valence-electron chi connectivity index (χ2n) is 6.98. The molecule has 0 radical (unpaired) electrons. The van der Waals surface area contributed by atoms with E-state index in [1.807, 2.05) is 0 Å². The van der Waals surface area contributed by atoms with Crippen LogP contribution in [0.25, 0.3) is 0 Å². The fourth-order valence-electron chi connectivity index (χ4n) is 3.27. The van der Waals surface area contributed by atoms with Crippen LogP contribution in [0.5, 0.6) is 0 Å². The van der Waals surface area contributed by atoms with Gasteiger partial charge >= 0.3 is 0 Å². The minimum atomic E-state index is -0.206. The molecule has 2 aliphatic heterocycles. The number of morpholine rings is 1. The molecule has 2 aliphatic rings. The van der Waals surface area contributed by atoms with E-state index in [1.165, 1.54) is 11.1 Å². The highest BCUT2D eigenvalue weighted by molar-refractivity contribution is 5.80. The summed E-state index contributed by atoms with van der Waals surface area (Å²) in [6, 6.07) is 8.38. The van der Waals surface area contributed by atoms with Crippen molar-refractivity contribution in [3.8, 4) is 0 Å². The highest BCUT2D eigenvalue weighted by Gasteiger charge is 2.38. The molecular weight excluding hydrogens is 318 g/mol. The van der Waals surface area contributed by atoms with Crippen molar-refractivity contribution in [2.75, 3.05) is 52.6 Å². The molecule has 0 amide bonds. The first kappa shape index (κ1) is 18.2. The van der Waals surface area contributed by atoms with Gasteiger partial charge in [-0.2, -0.15) is 0 Å². The van der Waals surface area contributed by atoms with Crippen LogP contribution in [0.1, 0.15) is 24.2 Å². The largest absolute Gasteiger partial charge is 0.396 e. The van der Waals surface area contributed by atoms with Gasteiger partial charge in [-0.05, 0) is 25.0 Å². The molecule has 1 atom stereocenters. The quantitative estimate of drug-likeness (QED) is 0.622. The lowest BCUT2D eigenvalue weighted by atomic mass is 9.87. The fraction of sp³-hybridized carbons (Fsp3) is 0.632. The van der Waals surface area contributed by atoms with E-state index in [2.05, 4.69) is 48.3 Å². The molecule has 1 aromatic carbocycles. The Kier molecular flexibility index (Phi) is 5.93. The van der Waals surface area contributed by atoms with Gasteiger partial charge in [0.1, 0.15) is 6.10 Å². The number of hydrogen-bond donors (Lipinski definition) is 2. The molecule has 0 aromatic heterocycles. The summed E-state index contributed by atoms with van der Waals surface area (Å²) in [5.41, 5.74) is 2.28. The monoisotopic (exact) mass is 347 g/mol. The van der Waals surface area contributed by atoms with E-state index in [0.717, 1.165) is 25.6 Å². The summed E-state index contributed by atoms with van der Waals surface area (Å²) in [5, 5.41) is 13.0. The van der Waals surface area contributed by atoms with Gasteiger partial charge in [0.05, 0.1) is 44.9 Å². The molecule has 2 saturated heterocycles. The van der Waals surface area contributed by atoms with Crippen molar-refractivity contribution in [1.82, 2.24) is 10.2 Å². The Bertz CT molecular complexity index is 596. The third kappa shape index (κ3) is 4.14. The number of ether oxygens (including phenoxy) is 2. The van der Waals surface area contributed by atoms with E-state index in [0.29, 0.717) is 26.4 Å². The van der Waals surface area contributed by atoms with Crippen LogP contribution in [0.3, 0.4) is 0 Å². The van der Waals surface area contributed by atoms with Crippen LogP contribution in [0, 0.1) is 12.3 Å². The van der Waals surface area contributed by atoms with Crippen molar-refractivity contribution >= 4 is 5.96 Å². The molecule has 25 heavy (non-hydrogen) atoms.